The lowest BCUT2D eigenvalue weighted by Gasteiger charge is -2.43. The van der Waals surface area contributed by atoms with Crippen LogP contribution < -0.4 is 0 Å². The number of hydrogen-bond acceptors (Lipinski definition) is 0. The van der Waals surface area contributed by atoms with Crippen molar-refractivity contribution >= 4 is 0 Å². The van der Waals surface area contributed by atoms with E-state index in [2.05, 4.69) is 27.7 Å². The molecule has 0 spiro atoms. The Bertz CT molecular complexity index is 166. The Balaban J connectivity index is 2.08. The van der Waals surface area contributed by atoms with Gasteiger partial charge in [0.15, 0.2) is 0 Å². The maximum Gasteiger partial charge on any atom is -0.0326 e. The zero-order chi connectivity index (χ0) is 8.88. The fraction of sp³-hybridized carbons (Fsp3) is 1.00. The summed E-state index contributed by atoms with van der Waals surface area (Å²) in [4.78, 5) is 0. The van der Waals surface area contributed by atoms with E-state index in [-0.39, 0.29) is 0 Å². The van der Waals surface area contributed by atoms with Gasteiger partial charge in [-0.05, 0) is 48.3 Å². The Kier molecular flexibility index (Phi) is 1.97. The van der Waals surface area contributed by atoms with Crippen molar-refractivity contribution in [1.82, 2.24) is 0 Å². The third-order valence-electron chi connectivity index (χ3n) is 4.52. The van der Waals surface area contributed by atoms with Crippen molar-refractivity contribution in [2.24, 2.45) is 35.5 Å². The molecule has 0 aromatic heterocycles. The lowest BCUT2D eigenvalue weighted by molar-refractivity contribution is 0.0509. The average molecular weight is 166 g/mol. The molecule has 5 unspecified atom stereocenters. The maximum absolute atomic E-state index is 2.46. The van der Waals surface area contributed by atoms with Crippen molar-refractivity contribution in [1.29, 1.82) is 0 Å². The minimum atomic E-state index is 0.921. The van der Waals surface area contributed by atoms with E-state index in [0.29, 0.717) is 0 Å². The highest BCUT2D eigenvalue weighted by Gasteiger charge is 2.51. The molecule has 0 aromatic carbocycles. The third-order valence-corrected chi connectivity index (χ3v) is 4.52. The first kappa shape index (κ1) is 8.59. The van der Waals surface area contributed by atoms with Crippen molar-refractivity contribution in [2.45, 2.75) is 40.5 Å². The molecule has 12 heavy (non-hydrogen) atoms. The molecule has 0 saturated heterocycles. The first-order valence-corrected chi connectivity index (χ1v) is 5.61. The van der Waals surface area contributed by atoms with E-state index in [4.69, 9.17) is 0 Å². The second kappa shape index (κ2) is 2.75. The molecular weight excluding hydrogens is 144 g/mol. The van der Waals surface area contributed by atoms with Gasteiger partial charge < -0.3 is 0 Å². The maximum atomic E-state index is 2.46. The summed E-state index contributed by atoms with van der Waals surface area (Å²) in [5.74, 6) is 6.23. The van der Waals surface area contributed by atoms with Gasteiger partial charge in [0.1, 0.15) is 0 Å². The van der Waals surface area contributed by atoms with Crippen LogP contribution in [0.3, 0.4) is 0 Å². The Morgan fingerprint density at radius 3 is 2.08 bits per heavy atom. The largest absolute Gasteiger partial charge is 0.0625 e. The number of hydrogen-bond donors (Lipinski definition) is 0. The van der Waals surface area contributed by atoms with Gasteiger partial charge in [0.05, 0.1) is 0 Å². The highest BCUT2D eigenvalue weighted by Crippen LogP contribution is 2.58. The monoisotopic (exact) mass is 166 g/mol. The van der Waals surface area contributed by atoms with Gasteiger partial charge in [-0.3, -0.25) is 0 Å². The van der Waals surface area contributed by atoms with E-state index in [9.17, 15) is 0 Å². The summed E-state index contributed by atoms with van der Waals surface area (Å²) in [5.41, 5.74) is 0. The Labute approximate surface area is 76.7 Å². The second-order valence-corrected chi connectivity index (χ2v) is 5.58. The molecule has 5 atom stereocenters. The average Bonchev–Trinajstić information content (AvgIpc) is 2.22. The summed E-state index contributed by atoms with van der Waals surface area (Å²) in [6.07, 6.45) is 3.03. The zero-order valence-corrected chi connectivity index (χ0v) is 8.88. The molecule has 2 fully saturated rings. The molecular formula is C12H22. The lowest BCUT2D eigenvalue weighted by Crippen LogP contribution is -2.37. The normalized spacial score (nSPS) is 52.2. The van der Waals surface area contributed by atoms with E-state index in [1.54, 1.807) is 0 Å². The Morgan fingerprint density at radius 2 is 1.67 bits per heavy atom. The van der Waals surface area contributed by atoms with Crippen molar-refractivity contribution in [2.75, 3.05) is 0 Å². The first-order valence-electron chi connectivity index (χ1n) is 5.61. The minimum Gasteiger partial charge on any atom is -0.0625 e. The van der Waals surface area contributed by atoms with Crippen LogP contribution in [0.5, 0.6) is 0 Å². The summed E-state index contributed by atoms with van der Waals surface area (Å²) < 4.78 is 0. The van der Waals surface area contributed by atoms with Gasteiger partial charge in [0.25, 0.3) is 0 Å². The molecule has 2 aliphatic rings. The summed E-state index contributed by atoms with van der Waals surface area (Å²) >= 11 is 0. The molecule has 0 heteroatoms. The van der Waals surface area contributed by atoms with Crippen molar-refractivity contribution in [3.8, 4) is 0 Å². The standard InChI is InChI=1S/C12H22/c1-7(2)10-5-8(3)11-6-9(4)12(10)11/h7-12H,5-6H2,1-4H3. The van der Waals surface area contributed by atoms with Crippen molar-refractivity contribution in [3.05, 3.63) is 0 Å². The third kappa shape index (κ3) is 1.03. The van der Waals surface area contributed by atoms with Crippen LogP contribution in [0.4, 0.5) is 0 Å². The predicted molar refractivity (Wildman–Crippen MR) is 52.9 cm³/mol. The van der Waals surface area contributed by atoms with Crippen LogP contribution in [0.15, 0.2) is 0 Å². The SMILES string of the molecule is CC(C)C1CC(C)C2CC(C)C12. The fourth-order valence-electron chi connectivity index (χ4n) is 3.80. The van der Waals surface area contributed by atoms with Crippen LogP contribution >= 0.6 is 0 Å². The molecule has 2 rings (SSSR count). The molecule has 2 saturated carbocycles. The van der Waals surface area contributed by atoms with Gasteiger partial charge >= 0.3 is 0 Å². The van der Waals surface area contributed by atoms with Crippen LogP contribution in [-0.4, -0.2) is 0 Å². The molecule has 0 aromatic rings. The van der Waals surface area contributed by atoms with Gasteiger partial charge in [0, 0.05) is 0 Å². The summed E-state index contributed by atoms with van der Waals surface area (Å²) in [6.45, 7) is 9.73. The molecule has 0 N–H and O–H groups in total. The van der Waals surface area contributed by atoms with Gasteiger partial charge in [0.2, 0.25) is 0 Å². The fourth-order valence-corrected chi connectivity index (χ4v) is 3.80. The van der Waals surface area contributed by atoms with Gasteiger partial charge in [-0.1, -0.05) is 27.7 Å². The minimum absolute atomic E-state index is 0.921. The highest BCUT2D eigenvalue weighted by molar-refractivity contribution is 5.00. The first-order chi connectivity index (χ1) is 5.61. The van der Waals surface area contributed by atoms with Crippen LogP contribution in [0, 0.1) is 35.5 Å². The molecule has 0 aliphatic heterocycles. The van der Waals surface area contributed by atoms with E-state index in [0.717, 1.165) is 35.5 Å². The lowest BCUT2D eigenvalue weighted by atomic mass is 9.62. The van der Waals surface area contributed by atoms with E-state index < -0.39 is 0 Å². The van der Waals surface area contributed by atoms with Crippen LogP contribution in [0.2, 0.25) is 0 Å². The highest BCUT2D eigenvalue weighted by atomic mass is 14.6. The van der Waals surface area contributed by atoms with E-state index in [1.807, 2.05) is 0 Å². The van der Waals surface area contributed by atoms with Crippen molar-refractivity contribution in [3.63, 3.8) is 0 Å². The summed E-state index contributed by atoms with van der Waals surface area (Å²) in [5, 5.41) is 0. The van der Waals surface area contributed by atoms with E-state index >= 15 is 0 Å². The molecule has 2 aliphatic carbocycles. The van der Waals surface area contributed by atoms with Gasteiger partial charge in [-0.25, -0.2) is 0 Å². The smallest absolute Gasteiger partial charge is 0.0326 e. The van der Waals surface area contributed by atoms with Crippen LogP contribution in [-0.2, 0) is 0 Å². The topological polar surface area (TPSA) is 0 Å². The Morgan fingerprint density at radius 1 is 1.00 bits per heavy atom. The summed E-state index contributed by atoms with van der Waals surface area (Å²) in [6, 6.07) is 0. The number of rotatable bonds is 1. The molecule has 70 valence electrons. The van der Waals surface area contributed by atoms with Gasteiger partial charge in [-0.2, -0.15) is 0 Å². The molecule has 0 amide bonds. The summed E-state index contributed by atoms with van der Waals surface area (Å²) in [7, 11) is 0. The molecule has 0 radical (unpaired) electrons. The van der Waals surface area contributed by atoms with Gasteiger partial charge in [-0.15, -0.1) is 0 Å². The second-order valence-electron chi connectivity index (χ2n) is 5.58. The van der Waals surface area contributed by atoms with E-state index in [1.165, 1.54) is 12.8 Å². The quantitative estimate of drug-likeness (QED) is 0.558. The van der Waals surface area contributed by atoms with Crippen molar-refractivity contribution < 1.29 is 0 Å². The predicted octanol–water partition coefficient (Wildman–Crippen LogP) is 3.57. The zero-order valence-electron chi connectivity index (χ0n) is 8.88. The Hall–Kier alpha value is 0. The molecule has 0 bridgehead atoms. The molecule has 0 heterocycles. The molecule has 0 nitrogen and oxygen atoms in total. The van der Waals surface area contributed by atoms with Crippen LogP contribution in [0.1, 0.15) is 40.5 Å². The number of fused-ring (bicyclic) bond motifs is 1. The van der Waals surface area contributed by atoms with Crippen LogP contribution in [0.25, 0.3) is 0 Å².